The van der Waals surface area contributed by atoms with E-state index in [1.807, 2.05) is 18.2 Å². The lowest BCUT2D eigenvalue weighted by atomic mass is 10.2. The van der Waals surface area contributed by atoms with Crippen LogP contribution < -0.4 is 10.9 Å². The molecule has 1 aromatic heterocycles. The molecule has 0 bridgehead atoms. The second-order valence-corrected chi connectivity index (χ2v) is 5.80. The van der Waals surface area contributed by atoms with Gasteiger partial charge in [-0.05, 0) is 30.4 Å². The number of pyridine rings is 1. The molecule has 1 amide bonds. The molecule has 0 spiro atoms. The summed E-state index contributed by atoms with van der Waals surface area (Å²) in [7, 11) is 1.66. The van der Waals surface area contributed by atoms with Crippen molar-refractivity contribution in [2.75, 3.05) is 12.3 Å². The molecule has 0 atom stereocenters. The summed E-state index contributed by atoms with van der Waals surface area (Å²) < 4.78 is 1.44. The number of carbonyl (C=O) groups excluding carboxylic acids is 1. The van der Waals surface area contributed by atoms with Crippen LogP contribution in [0.4, 0.5) is 0 Å². The highest BCUT2D eigenvalue weighted by Gasteiger charge is 2.05. The highest BCUT2D eigenvalue weighted by Crippen LogP contribution is 2.17. The summed E-state index contributed by atoms with van der Waals surface area (Å²) >= 11 is 1.77. The summed E-state index contributed by atoms with van der Waals surface area (Å²) in [6, 6.07) is 13.2. The zero-order valence-corrected chi connectivity index (χ0v) is 12.7. The predicted molar refractivity (Wildman–Crippen MR) is 85.8 cm³/mol. The Morgan fingerprint density at radius 3 is 2.71 bits per heavy atom. The van der Waals surface area contributed by atoms with Crippen molar-refractivity contribution >= 4 is 17.7 Å². The second kappa shape index (κ2) is 7.69. The zero-order valence-electron chi connectivity index (χ0n) is 11.9. The second-order valence-electron chi connectivity index (χ2n) is 4.64. The number of hydrogen-bond donors (Lipinski definition) is 1. The highest BCUT2D eigenvalue weighted by molar-refractivity contribution is 7.99. The summed E-state index contributed by atoms with van der Waals surface area (Å²) in [6.45, 7) is 0.605. The molecule has 2 rings (SSSR count). The van der Waals surface area contributed by atoms with Gasteiger partial charge in [0.1, 0.15) is 0 Å². The maximum Gasteiger partial charge on any atom is 0.251 e. The number of thioether (sulfide) groups is 1. The minimum Gasteiger partial charge on any atom is -0.352 e. The fourth-order valence-electron chi connectivity index (χ4n) is 1.77. The first kappa shape index (κ1) is 15.4. The molecule has 0 saturated carbocycles. The van der Waals surface area contributed by atoms with Gasteiger partial charge in [-0.25, -0.2) is 0 Å². The SMILES string of the molecule is Cn1ccc(C(=O)NCCCSc2ccccc2)cc1=O. The maximum absolute atomic E-state index is 11.9. The number of nitrogens with zero attached hydrogens (tertiary/aromatic N) is 1. The fourth-order valence-corrected chi connectivity index (χ4v) is 2.65. The molecule has 0 saturated heterocycles. The van der Waals surface area contributed by atoms with Gasteiger partial charge in [0.2, 0.25) is 0 Å². The Morgan fingerprint density at radius 1 is 1.24 bits per heavy atom. The third-order valence-electron chi connectivity index (χ3n) is 2.99. The molecule has 1 N–H and O–H groups in total. The Kier molecular flexibility index (Phi) is 5.63. The molecule has 1 aromatic carbocycles. The standard InChI is InChI=1S/C16H18N2O2S/c1-18-10-8-13(12-15(18)19)16(20)17-9-5-11-21-14-6-3-2-4-7-14/h2-4,6-8,10,12H,5,9,11H2,1H3,(H,17,20). The first-order valence-corrected chi connectivity index (χ1v) is 7.78. The summed E-state index contributed by atoms with van der Waals surface area (Å²) in [6.07, 6.45) is 2.48. The van der Waals surface area contributed by atoms with Crippen LogP contribution in [0, 0.1) is 0 Å². The smallest absolute Gasteiger partial charge is 0.251 e. The van der Waals surface area contributed by atoms with Gasteiger partial charge in [0.05, 0.1) is 0 Å². The normalized spacial score (nSPS) is 10.3. The maximum atomic E-state index is 11.9. The highest BCUT2D eigenvalue weighted by atomic mass is 32.2. The van der Waals surface area contributed by atoms with E-state index in [9.17, 15) is 9.59 Å². The van der Waals surface area contributed by atoms with Crippen molar-refractivity contribution in [3.8, 4) is 0 Å². The van der Waals surface area contributed by atoms with Crippen molar-refractivity contribution in [1.82, 2.24) is 9.88 Å². The van der Waals surface area contributed by atoms with E-state index in [1.165, 1.54) is 15.5 Å². The first-order chi connectivity index (χ1) is 10.2. The van der Waals surface area contributed by atoms with E-state index >= 15 is 0 Å². The van der Waals surface area contributed by atoms with E-state index in [0.717, 1.165) is 12.2 Å². The Labute approximate surface area is 128 Å². The number of aromatic nitrogens is 1. The average Bonchev–Trinajstić information content (AvgIpc) is 2.50. The quantitative estimate of drug-likeness (QED) is 0.658. The minimum atomic E-state index is -0.197. The first-order valence-electron chi connectivity index (χ1n) is 6.79. The summed E-state index contributed by atoms with van der Waals surface area (Å²) in [5, 5.41) is 2.83. The number of benzene rings is 1. The lowest BCUT2D eigenvalue weighted by Crippen LogP contribution is -2.27. The van der Waals surface area contributed by atoms with E-state index in [1.54, 1.807) is 31.1 Å². The average molecular weight is 302 g/mol. The molecule has 1 heterocycles. The van der Waals surface area contributed by atoms with Crippen LogP contribution in [0.1, 0.15) is 16.8 Å². The van der Waals surface area contributed by atoms with Gasteiger partial charge < -0.3 is 9.88 Å². The van der Waals surface area contributed by atoms with Gasteiger partial charge >= 0.3 is 0 Å². The molecule has 2 aromatic rings. The van der Waals surface area contributed by atoms with Crippen LogP contribution in [0.15, 0.2) is 58.4 Å². The minimum absolute atomic E-state index is 0.178. The van der Waals surface area contributed by atoms with E-state index in [0.29, 0.717) is 12.1 Å². The predicted octanol–water partition coefficient (Wildman–Crippen LogP) is 2.30. The lowest BCUT2D eigenvalue weighted by Gasteiger charge is -2.06. The Morgan fingerprint density at radius 2 is 2.00 bits per heavy atom. The van der Waals surface area contributed by atoms with Crippen molar-refractivity contribution < 1.29 is 4.79 Å². The summed E-state index contributed by atoms with van der Waals surface area (Å²) in [4.78, 5) is 24.6. The van der Waals surface area contributed by atoms with Crippen molar-refractivity contribution in [2.45, 2.75) is 11.3 Å². The summed E-state index contributed by atoms with van der Waals surface area (Å²) in [5.41, 5.74) is 0.232. The van der Waals surface area contributed by atoms with Crippen LogP contribution in [0.2, 0.25) is 0 Å². The van der Waals surface area contributed by atoms with E-state index < -0.39 is 0 Å². The molecule has 0 aliphatic heterocycles. The van der Waals surface area contributed by atoms with E-state index in [-0.39, 0.29) is 11.5 Å². The van der Waals surface area contributed by atoms with Gasteiger partial charge in [-0.2, -0.15) is 0 Å². The third-order valence-corrected chi connectivity index (χ3v) is 4.08. The van der Waals surface area contributed by atoms with Crippen LogP contribution >= 0.6 is 11.8 Å². The molecule has 21 heavy (non-hydrogen) atoms. The van der Waals surface area contributed by atoms with Crippen LogP contribution in [-0.2, 0) is 7.05 Å². The van der Waals surface area contributed by atoms with Gasteiger partial charge in [0.25, 0.3) is 11.5 Å². The molecule has 4 nitrogen and oxygen atoms in total. The molecule has 0 unspecified atom stereocenters. The molecular formula is C16H18N2O2S. The fraction of sp³-hybridized carbons (Fsp3) is 0.250. The largest absolute Gasteiger partial charge is 0.352 e. The van der Waals surface area contributed by atoms with Gasteiger partial charge in [0.15, 0.2) is 0 Å². The van der Waals surface area contributed by atoms with Crippen LogP contribution in [0.5, 0.6) is 0 Å². The van der Waals surface area contributed by atoms with Crippen LogP contribution in [0.3, 0.4) is 0 Å². The third kappa shape index (κ3) is 4.79. The molecule has 0 radical (unpaired) electrons. The molecule has 0 aliphatic rings. The Balaban J connectivity index is 1.72. The van der Waals surface area contributed by atoms with Crippen LogP contribution in [0.25, 0.3) is 0 Å². The van der Waals surface area contributed by atoms with Gasteiger partial charge in [-0.3, -0.25) is 9.59 Å². The molecule has 5 heteroatoms. The van der Waals surface area contributed by atoms with Gasteiger partial charge in [-0.1, -0.05) is 18.2 Å². The molecule has 110 valence electrons. The van der Waals surface area contributed by atoms with Gasteiger partial charge in [0, 0.05) is 36.3 Å². The summed E-state index contributed by atoms with van der Waals surface area (Å²) in [5.74, 6) is 0.748. The number of nitrogens with one attached hydrogen (secondary N) is 1. The molecule has 0 fully saturated rings. The van der Waals surface area contributed by atoms with Crippen molar-refractivity contribution in [1.29, 1.82) is 0 Å². The zero-order chi connectivity index (χ0) is 15.1. The van der Waals surface area contributed by atoms with Gasteiger partial charge in [-0.15, -0.1) is 11.8 Å². The number of amides is 1. The Hall–Kier alpha value is -2.01. The molecular weight excluding hydrogens is 284 g/mol. The Bertz CT molecular complexity index is 653. The van der Waals surface area contributed by atoms with Crippen molar-refractivity contribution in [2.24, 2.45) is 7.05 Å². The van der Waals surface area contributed by atoms with Crippen LogP contribution in [-0.4, -0.2) is 22.8 Å². The number of carbonyl (C=O) groups is 1. The number of rotatable bonds is 6. The van der Waals surface area contributed by atoms with E-state index in [2.05, 4.69) is 17.4 Å². The monoisotopic (exact) mass is 302 g/mol. The number of aryl methyl sites for hydroxylation is 1. The molecule has 0 aliphatic carbocycles. The van der Waals surface area contributed by atoms with Crippen molar-refractivity contribution in [3.63, 3.8) is 0 Å². The van der Waals surface area contributed by atoms with Crippen molar-refractivity contribution in [3.05, 3.63) is 64.6 Å². The lowest BCUT2D eigenvalue weighted by molar-refractivity contribution is 0.0953. The number of hydrogen-bond acceptors (Lipinski definition) is 3. The topological polar surface area (TPSA) is 51.1 Å². The van der Waals surface area contributed by atoms with E-state index in [4.69, 9.17) is 0 Å².